The van der Waals surface area contributed by atoms with Gasteiger partial charge in [0.2, 0.25) is 22.9 Å². The number of anilines is 1. The smallest absolute Gasteiger partial charge is 0.335 e. The molecule has 0 bridgehead atoms. The Kier molecular flexibility index (Phi) is 5.18. The normalized spacial score (nSPS) is 11.0. The van der Waals surface area contributed by atoms with Crippen LogP contribution in [0.25, 0.3) is 0 Å². The first-order valence-corrected chi connectivity index (χ1v) is 8.20. The Morgan fingerprint density at radius 1 is 1.25 bits per heavy atom. The Hall–Kier alpha value is -2.89. The number of aromatic nitrogens is 4. The van der Waals surface area contributed by atoms with E-state index in [9.17, 15) is 13.2 Å². The van der Waals surface area contributed by atoms with Gasteiger partial charge in [-0.2, -0.15) is 18.4 Å². The maximum absolute atomic E-state index is 12.2. The maximum atomic E-state index is 12.2. The number of hydrogen-bond acceptors (Lipinski definition) is 8. The molecule has 0 aromatic carbocycles. The minimum atomic E-state index is -4.14. The van der Waals surface area contributed by atoms with E-state index in [1.54, 1.807) is 6.92 Å². The maximum Gasteiger partial charge on any atom is 0.335 e. The number of amides is 2. The molecule has 0 aliphatic carbocycles. The Bertz CT molecular complexity index is 812. The van der Waals surface area contributed by atoms with Crippen LogP contribution in [-0.4, -0.2) is 48.2 Å². The number of carbonyl (C=O) groups is 1. The zero-order valence-electron chi connectivity index (χ0n) is 13.2. The van der Waals surface area contributed by atoms with Crippen LogP contribution in [0.1, 0.15) is 6.92 Å². The zero-order chi connectivity index (χ0) is 17.7. The van der Waals surface area contributed by atoms with Gasteiger partial charge in [0.05, 0.1) is 20.3 Å². The Labute approximate surface area is 138 Å². The Morgan fingerprint density at radius 3 is 2.42 bits per heavy atom. The molecule has 2 aromatic heterocycles. The van der Waals surface area contributed by atoms with Gasteiger partial charge in [-0.3, -0.25) is 5.32 Å². The number of imidazole rings is 1. The molecule has 0 atom stereocenters. The molecule has 0 saturated heterocycles. The molecule has 11 nitrogen and oxygen atoms in total. The second-order valence-electron chi connectivity index (χ2n) is 4.33. The molecule has 2 aromatic rings. The van der Waals surface area contributed by atoms with Crippen LogP contribution in [0, 0.1) is 0 Å². The molecule has 0 saturated carbocycles. The van der Waals surface area contributed by atoms with Crippen molar-refractivity contribution in [2.24, 2.45) is 0 Å². The van der Waals surface area contributed by atoms with E-state index in [1.165, 1.54) is 37.2 Å². The molecule has 0 radical (unpaired) electrons. The van der Waals surface area contributed by atoms with Crippen LogP contribution >= 0.6 is 0 Å². The van der Waals surface area contributed by atoms with Crippen molar-refractivity contribution in [3.63, 3.8) is 0 Å². The summed E-state index contributed by atoms with van der Waals surface area (Å²) >= 11 is 0. The second-order valence-corrected chi connectivity index (χ2v) is 5.91. The number of sulfonamides is 1. The number of aryl methyl sites for hydroxylation is 1. The van der Waals surface area contributed by atoms with Crippen molar-refractivity contribution < 1.29 is 22.7 Å². The predicted molar refractivity (Wildman–Crippen MR) is 82.4 cm³/mol. The van der Waals surface area contributed by atoms with E-state index in [2.05, 4.69) is 20.3 Å². The van der Waals surface area contributed by atoms with Gasteiger partial charge in [-0.25, -0.2) is 14.5 Å². The molecule has 130 valence electrons. The summed E-state index contributed by atoms with van der Waals surface area (Å²) in [6.45, 7) is 2.13. The third kappa shape index (κ3) is 3.90. The highest BCUT2D eigenvalue weighted by Crippen LogP contribution is 2.17. The number of urea groups is 1. The van der Waals surface area contributed by atoms with E-state index >= 15 is 0 Å². The molecule has 0 aliphatic heterocycles. The molecule has 2 amide bonds. The number of hydrogen-bond donors (Lipinski definition) is 2. The van der Waals surface area contributed by atoms with E-state index in [-0.39, 0.29) is 22.9 Å². The fourth-order valence-corrected chi connectivity index (χ4v) is 2.83. The molecule has 0 aliphatic rings. The Balaban J connectivity index is 2.16. The van der Waals surface area contributed by atoms with Crippen molar-refractivity contribution >= 4 is 22.0 Å². The van der Waals surface area contributed by atoms with Crippen molar-refractivity contribution in [1.82, 2.24) is 24.2 Å². The lowest BCUT2D eigenvalue weighted by Crippen LogP contribution is -2.36. The average molecular weight is 356 g/mol. The van der Waals surface area contributed by atoms with Crippen molar-refractivity contribution in [1.29, 1.82) is 0 Å². The molecule has 2 rings (SSSR count). The summed E-state index contributed by atoms with van der Waals surface area (Å²) in [5, 5.41) is 1.92. The molecule has 0 fully saturated rings. The summed E-state index contributed by atoms with van der Waals surface area (Å²) in [6.07, 6.45) is 2.81. The number of carbonyl (C=O) groups excluding carboxylic acids is 1. The third-order valence-corrected chi connectivity index (χ3v) is 4.08. The lowest BCUT2D eigenvalue weighted by Gasteiger charge is -2.10. The average Bonchev–Trinajstić information content (AvgIpc) is 3.03. The standard InChI is InChI=1S/C12H16N6O5S/c1-4-18-6-5-13-12(18)24(20,21)17-11(19)16-10-14-8(22-2)7-9(15-10)23-3/h5-7H,4H2,1-3H3,(H2,14,15,16,17,19). The van der Waals surface area contributed by atoms with Crippen LogP contribution in [0.5, 0.6) is 11.8 Å². The van der Waals surface area contributed by atoms with Gasteiger partial charge in [-0.1, -0.05) is 0 Å². The summed E-state index contributed by atoms with van der Waals surface area (Å²) in [5.41, 5.74) is 0. The van der Waals surface area contributed by atoms with E-state index < -0.39 is 16.1 Å². The van der Waals surface area contributed by atoms with Gasteiger partial charge in [-0.05, 0) is 6.92 Å². The molecular formula is C12H16N6O5S. The molecule has 2 heterocycles. The summed E-state index contributed by atoms with van der Waals surface area (Å²) in [7, 11) is -1.39. The van der Waals surface area contributed by atoms with Crippen molar-refractivity contribution in [3.8, 4) is 11.8 Å². The lowest BCUT2D eigenvalue weighted by molar-refractivity contribution is 0.256. The molecule has 12 heteroatoms. The van der Waals surface area contributed by atoms with E-state index in [4.69, 9.17) is 9.47 Å². The Morgan fingerprint density at radius 2 is 1.88 bits per heavy atom. The van der Waals surface area contributed by atoms with E-state index in [0.29, 0.717) is 6.54 Å². The molecule has 0 spiro atoms. The molecule has 24 heavy (non-hydrogen) atoms. The van der Waals surface area contributed by atoms with Crippen LogP contribution in [-0.2, 0) is 16.6 Å². The first-order valence-electron chi connectivity index (χ1n) is 6.71. The quantitative estimate of drug-likeness (QED) is 0.750. The molecular weight excluding hydrogens is 340 g/mol. The van der Waals surface area contributed by atoms with E-state index in [1.807, 2.05) is 4.72 Å². The summed E-state index contributed by atoms with van der Waals surface area (Å²) in [6, 6.07) is 0.355. The molecule has 0 unspecified atom stereocenters. The van der Waals surface area contributed by atoms with Gasteiger partial charge in [0.15, 0.2) is 0 Å². The van der Waals surface area contributed by atoms with Crippen molar-refractivity contribution in [2.75, 3.05) is 19.5 Å². The lowest BCUT2D eigenvalue weighted by atomic mass is 10.6. The SMILES string of the molecule is CCn1ccnc1S(=O)(=O)NC(=O)Nc1nc(OC)cc(OC)n1. The highest BCUT2D eigenvalue weighted by molar-refractivity contribution is 7.89. The first kappa shape index (κ1) is 17.5. The fourth-order valence-electron chi connectivity index (χ4n) is 1.74. The van der Waals surface area contributed by atoms with Gasteiger partial charge >= 0.3 is 6.03 Å². The fraction of sp³-hybridized carbons (Fsp3) is 0.333. The highest BCUT2D eigenvalue weighted by atomic mass is 32.2. The van der Waals surface area contributed by atoms with Crippen LogP contribution in [0.3, 0.4) is 0 Å². The minimum absolute atomic E-state index is 0.140. The monoisotopic (exact) mass is 356 g/mol. The largest absolute Gasteiger partial charge is 0.481 e. The summed E-state index contributed by atoms with van der Waals surface area (Å²) in [4.78, 5) is 23.4. The van der Waals surface area contributed by atoms with Crippen LogP contribution < -0.4 is 19.5 Å². The first-order chi connectivity index (χ1) is 11.4. The second kappa shape index (κ2) is 7.12. The topological polar surface area (TPSA) is 137 Å². The van der Waals surface area contributed by atoms with Gasteiger partial charge < -0.3 is 14.0 Å². The number of nitrogens with zero attached hydrogens (tertiary/aromatic N) is 4. The summed E-state index contributed by atoms with van der Waals surface area (Å²) in [5.74, 6) is 0.0980. The van der Waals surface area contributed by atoms with Gasteiger partial charge in [0.25, 0.3) is 10.0 Å². The number of nitrogens with one attached hydrogen (secondary N) is 2. The zero-order valence-corrected chi connectivity index (χ0v) is 14.0. The van der Waals surface area contributed by atoms with Gasteiger partial charge in [0, 0.05) is 18.9 Å². The summed E-state index contributed by atoms with van der Waals surface area (Å²) < 4.78 is 37.4. The number of ether oxygens (including phenoxy) is 2. The van der Waals surface area contributed by atoms with Crippen molar-refractivity contribution in [2.45, 2.75) is 18.6 Å². The number of rotatable bonds is 6. The van der Waals surface area contributed by atoms with Gasteiger partial charge in [0.1, 0.15) is 0 Å². The number of methoxy groups -OCH3 is 2. The van der Waals surface area contributed by atoms with Crippen molar-refractivity contribution in [3.05, 3.63) is 18.5 Å². The van der Waals surface area contributed by atoms with Crippen LogP contribution in [0.15, 0.2) is 23.6 Å². The minimum Gasteiger partial charge on any atom is -0.481 e. The van der Waals surface area contributed by atoms with Crippen LogP contribution in [0.4, 0.5) is 10.7 Å². The highest BCUT2D eigenvalue weighted by Gasteiger charge is 2.23. The molecule has 2 N–H and O–H groups in total. The van der Waals surface area contributed by atoms with E-state index in [0.717, 1.165) is 0 Å². The third-order valence-electron chi connectivity index (χ3n) is 2.81. The predicted octanol–water partition coefficient (Wildman–Crippen LogP) is 0.221. The van der Waals surface area contributed by atoms with Crippen LogP contribution in [0.2, 0.25) is 0 Å². The van der Waals surface area contributed by atoms with Gasteiger partial charge in [-0.15, -0.1) is 0 Å².